The minimum absolute atomic E-state index is 0.900. The third-order valence-electron chi connectivity index (χ3n) is 3.35. The lowest BCUT2D eigenvalue weighted by Crippen LogP contribution is -2.25. The predicted molar refractivity (Wildman–Crippen MR) is 50.5 cm³/mol. The summed E-state index contributed by atoms with van der Waals surface area (Å²) in [5.41, 5.74) is 0. The average Bonchev–Trinajstić information content (AvgIpc) is 1.85. The highest BCUT2D eigenvalue weighted by Crippen LogP contribution is 2.37. The van der Waals surface area contributed by atoms with Crippen molar-refractivity contribution >= 4 is 0 Å². The van der Waals surface area contributed by atoms with Crippen LogP contribution in [0, 0.1) is 23.7 Å². The summed E-state index contributed by atoms with van der Waals surface area (Å²) < 4.78 is 0. The molecule has 1 aliphatic carbocycles. The maximum atomic E-state index is 2.43. The molecular formula is C11H22. The van der Waals surface area contributed by atoms with Gasteiger partial charge in [0.05, 0.1) is 0 Å². The van der Waals surface area contributed by atoms with Crippen molar-refractivity contribution in [2.75, 3.05) is 0 Å². The van der Waals surface area contributed by atoms with Gasteiger partial charge < -0.3 is 0 Å². The molecule has 0 spiro atoms. The minimum Gasteiger partial charge on any atom is -0.0625 e. The van der Waals surface area contributed by atoms with Gasteiger partial charge in [0.1, 0.15) is 0 Å². The van der Waals surface area contributed by atoms with Gasteiger partial charge in [0.25, 0.3) is 0 Å². The van der Waals surface area contributed by atoms with Crippen LogP contribution in [0.25, 0.3) is 0 Å². The van der Waals surface area contributed by atoms with Crippen LogP contribution in [0.3, 0.4) is 0 Å². The molecule has 0 aromatic rings. The number of hydrogen-bond donors (Lipinski definition) is 0. The summed E-state index contributed by atoms with van der Waals surface area (Å²) in [6.45, 7) is 9.57. The molecule has 0 amide bonds. The Balaban J connectivity index is 2.44. The van der Waals surface area contributed by atoms with Crippen LogP contribution in [-0.2, 0) is 0 Å². The largest absolute Gasteiger partial charge is 0.0625 e. The van der Waals surface area contributed by atoms with E-state index in [0.717, 1.165) is 23.7 Å². The monoisotopic (exact) mass is 154 g/mol. The maximum Gasteiger partial charge on any atom is -0.0365 e. The Bertz CT molecular complexity index is 115. The van der Waals surface area contributed by atoms with Gasteiger partial charge in [0, 0.05) is 0 Å². The fourth-order valence-electron chi connectivity index (χ4n) is 2.68. The number of rotatable bonds is 1. The molecule has 3 unspecified atom stereocenters. The first-order valence-corrected chi connectivity index (χ1v) is 5.11. The van der Waals surface area contributed by atoms with Crippen molar-refractivity contribution in [3.63, 3.8) is 0 Å². The Kier molecular flexibility index (Phi) is 2.98. The first-order valence-electron chi connectivity index (χ1n) is 5.11. The van der Waals surface area contributed by atoms with E-state index in [-0.39, 0.29) is 0 Å². The second-order valence-corrected chi connectivity index (χ2v) is 4.80. The second-order valence-electron chi connectivity index (χ2n) is 4.80. The van der Waals surface area contributed by atoms with E-state index in [4.69, 9.17) is 0 Å². The van der Waals surface area contributed by atoms with Gasteiger partial charge in [-0.2, -0.15) is 0 Å². The Morgan fingerprint density at radius 3 is 2.18 bits per heavy atom. The zero-order chi connectivity index (χ0) is 8.43. The third kappa shape index (κ3) is 2.21. The van der Waals surface area contributed by atoms with Crippen molar-refractivity contribution in [2.24, 2.45) is 23.7 Å². The summed E-state index contributed by atoms with van der Waals surface area (Å²) in [6, 6.07) is 0. The fraction of sp³-hybridized carbons (Fsp3) is 1.00. The van der Waals surface area contributed by atoms with Gasteiger partial charge in [-0.1, -0.05) is 34.1 Å². The standard InChI is InChI=1S/C11H22/c1-8(2)11-6-5-9(3)7-10(11)4/h8-11H,5-7H2,1-4H3. The van der Waals surface area contributed by atoms with Gasteiger partial charge in [0.2, 0.25) is 0 Å². The van der Waals surface area contributed by atoms with Crippen LogP contribution in [0.5, 0.6) is 0 Å². The molecule has 0 heteroatoms. The molecular weight excluding hydrogens is 132 g/mol. The normalized spacial score (nSPS) is 39.5. The molecule has 3 atom stereocenters. The Morgan fingerprint density at radius 2 is 1.73 bits per heavy atom. The molecule has 0 heterocycles. The molecule has 1 aliphatic rings. The molecule has 0 nitrogen and oxygen atoms in total. The van der Waals surface area contributed by atoms with Crippen molar-refractivity contribution in [1.82, 2.24) is 0 Å². The van der Waals surface area contributed by atoms with Crippen molar-refractivity contribution in [2.45, 2.75) is 47.0 Å². The summed E-state index contributed by atoms with van der Waals surface area (Å²) in [6.07, 6.45) is 4.40. The molecule has 0 saturated heterocycles. The molecule has 11 heavy (non-hydrogen) atoms. The third-order valence-corrected chi connectivity index (χ3v) is 3.35. The Hall–Kier alpha value is 0. The van der Waals surface area contributed by atoms with Gasteiger partial charge in [-0.15, -0.1) is 0 Å². The fourth-order valence-corrected chi connectivity index (χ4v) is 2.68. The predicted octanol–water partition coefficient (Wildman–Crippen LogP) is 3.71. The van der Waals surface area contributed by atoms with Crippen molar-refractivity contribution in [3.05, 3.63) is 0 Å². The van der Waals surface area contributed by atoms with Crippen LogP contribution < -0.4 is 0 Å². The lowest BCUT2D eigenvalue weighted by atomic mass is 9.71. The highest BCUT2D eigenvalue weighted by atomic mass is 14.3. The van der Waals surface area contributed by atoms with Crippen LogP contribution in [0.2, 0.25) is 0 Å². The van der Waals surface area contributed by atoms with E-state index < -0.39 is 0 Å². The van der Waals surface area contributed by atoms with Crippen LogP contribution in [0.15, 0.2) is 0 Å². The van der Waals surface area contributed by atoms with E-state index in [2.05, 4.69) is 27.7 Å². The van der Waals surface area contributed by atoms with Gasteiger partial charge in [-0.25, -0.2) is 0 Å². The number of hydrogen-bond acceptors (Lipinski definition) is 0. The zero-order valence-corrected chi connectivity index (χ0v) is 8.43. The van der Waals surface area contributed by atoms with Crippen molar-refractivity contribution in [1.29, 1.82) is 0 Å². The molecule has 0 aromatic carbocycles. The van der Waals surface area contributed by atoms with Crippen molar-refractivity contribution < 1.29 is 0 Å². The molecule has 1 saturated carbocycles. The summed E-state index contributed by atoms with van der Waals surface area (Å²) in [5.74, 6) is 3.86. The van der Waals surface area contributed by atoms with Crippen LogP contribution >= 0.6 is 0 Å². The van der Waals surface area contributed by atoms with Gasteiger partial charge >= 0.3 is 0 Å². The van der Waals surface area contributed by atoms with Crippen LogP contribution in [0.4, 0.5) is 0 Å². The average molecular weight is 154 g/mol. The van der Waals surface area contributed by atoms with E-state index in [1.165, 1.54) is 19.3 Å². The lowest BCUT2D eigenvalue weighted by molar-refractivity contribution is 0.158. The van der Waals surface area contributed by atoms with Crippen LogP contribution in [0.1, 0.15) is 47.0 Å². The molecule has 66 valence electrons. The first-order chi connectivity index (χ1) is 5.11. The van der Waals surface area contributed by atoms with E-state index >= 15 is 0 Å². The lowest BCUT2D eigenvalue weighted by Gasteiger charge is -2.35. The quantitative estimate of drug-likeness (QED) is 0.540. The summed E-state index contributed by atoms with van der Waals surface area (Å²) in [7, 11) is 0. The van der Waals surface area contributed by atoms with E-state index in [1.807, 2.05) is 0 Å². The molecule has 0 radical (unpaired) electrons. The van der Waals surface area contributed by atoms with Gasteiger partial charge in [-0.3, -0.25) is 0 Å². The summed E-state index contributed by atoms with van der Waals surface area (Å²) in [5, 5.41) is 0. The van der Waals surface area contributed by atoms with E-state index in [1.54, 1.807) is 0 Å². The molecule has 0 N–H and O–H groups in total. The summed E-state index contributed by atoms with van der Waals surface area (Å²) in [4.78, 5) is 0. The van der Waals surface area contributed by atoms with E-state index in [0.29, 0.717) is 0 Å². The van der Waals surface area contributed by atoms with Crippen molar-refractivity contribution in [3.8, 4) is 0 Å². The Labute approximate surface area is 71.4 Å². The Morgan fingerprint density at radius 1 is 1.09 bits per heavy atom. The first kappa shape index (κ1) is 9.09. The topological polar surface area (TPSA) is 0 Å². The smallest absolute Gasteiger partial charge is 0.0365 e. The molecule has 0 aliphatic heterocycles. The highest BCUT2D eigenvalue weighted by Gasteiger charge is 2.26. The van der Waals surface area contributed by atoms with Gasteiger partial charge in [-0.05, 0) is 36.5 Å². The summed E-state index contributed by atoms with van der Waals surface area (Å²) >= 11 is 0. The molecule has 1 rings (SSSR count). The molecule has 1 fully saturated rings. The minimum atomic E-state index is 0.900. The second kappa shape index (κ2) is 3.60. The zero-order valence-electron chi connectivity index (χ0n) is 8.43. The molecule has 0 bridgehead atoms. The highest BCUT2D eigenvalue weighted by molar-refractivity contribution is 4.77. The SMILES string of the molecule is CC1CCC(C(C)C)C(C)C1. The van der Waals surface area contributed by atoms with E-state index in [9.17, 15) is 0 Å². The maximum absolute atomic E-state index is 2.43. The van der Waals surface area contributed by atoms with Gasteiger partial charge in [0.15, 0.2) is 0 Å². The molecule has 0 aromatic heterocycles. The van der Waals surface area contributed by atoms with Crippen LogP contribution in [-0.4, -0.2) is 0 Å².